The number of ether oxygens (including phenoxy) is 1. The van der Waals surface area contributed by atoms with Crippen molar-refractivity contribution in [3.63, 3.8) is 0 Å². The summed E-state index contributed by atoms with van der Waals surface area (Å²) in [4.78, 5) is 35.8. The summed E-state index contributed by atoms with van der Waals surface area (Å²) in [5.74, 6) is -1.42. The number of rotatable bonds is 7. The molecule has 1 aliphatic rings. The quantitative estimate of drug-likeness (QED) is 0.271. The fraction of sp³-hybridized carbons (Fsp3) is 0.615. The Morgan fingerprint density at radius 2 is 2.26 bits per heavy atom. The molecule has 14 heteroatoms. The second-order valence-corrected chi connectivity index (χ2v) is 7.80. The highest BCUT2D eigenvalue weighted by molar-refractivity contribution is 7.50. The lowest BCUT2D eigenvalue weighted by molar-refractivity contribution is -0.138. The standard InChI is InChI=1S/C13H21N4O9P/c1-6(10(19)20)16-27(23,24)25-5-7-9(18)13(2,22)11(26-7)17-4-3-8(14)15-12(17)21/h3-4,6-7,9,11,18,22H,5H2,1-2H3,(H,19,20)(H2,14,15,21)(H2,16,23,24)/t6-,7+,9+,11+,13+/m0/s1. The fourth-order valence-electron chi connectivity index (χ4n) is 2.49. The van der Waals surface area contributed by atoms with E-state index in [9.17, 15) is 29.3 Å². The maximum Gasteiger partial charge on any atom is 0.403 e. The first-order chi connectivity index (χ1) is 12.3. The van der Waals surface area contributed by atoms with Gasteiger partial charge in [0.15, 0.2) is 6.23 Å². The average Bonchev–Trinajstić information content (AvgIpc) is 2.76. The van der Waals surface area contributed by atoms with Gasteiger partial charge in [-0.15, -0.1) is 0 Å². The largest absolute Gasteiger partial charge is 0.480 e. The SMILES string of the molecule is C[C@H](NP(=O)(O)OC[C@H]1O[C@@H](n2ccc(N)nc2=O)[C@](C)(O)[C@@H]1O)C(=O)O. The van der Waals surface area contributed by atoms with Crippen molar-refractivity contribution in [1.29, 1.82) is 0 Å². The van der Waals surface area contributed by atoms with E-state index in [1.165, 1.54) is 19.2 Å². The van der Waals surface area contributed by atoms with Crippen LogP contribution in [0.4, 0.5) is 5.82 Å². The summed E-state index contributed by atoms with van der Waals surface area (Å²) in [5.41, 5.74) is 2.60. The zero-order valence-corrected chi connectivity index (χ0v) is 15.3. The predicted octanol–water partition coefficient (Wildman–Crippen LogP) is -1.99. The van der Waals surface area contributed by atoms with Crippen LogP contribution in [0.25, 0.3) is 0 Å². The molecule has 1 fully saturated rings. The number of carboxylic acids is 1. The smallest absolute Gasteiger partial charge is 0.403 e. The number of nitrogens with two attached hydrogens (primary N) is 1. The Bertz CT molecular complexity index is 813. The maximum absolute atomic E-state index is 11.9. The Morgan fingerprint density at radius 1 is 1.63 bits per heavy atom. The first-order valence-corrected chi connectivity index (χ1v) is 9.31. The summed E-state index contributed by atoms with van der Waals surface area (Å²) in [6, 6.07) is -0.0820. The van der Waals surface area contributed by atoms with E-state index < -0.39 is 56.1 Å². The lowest BCUT2D eigenvalue weighted by Crippen LogP contribution is -2.46. The van der Waals surface area contributed by atoms with Crippen LogP contribution in [0.3, 0.4) is 0 Å². The summed E-state index contributed by atoms with van der Waals surface area (Å²) in [6.07, 6.45) is -3.04. The summed E-state index contributed by atoms with van der Waals surface area (Å²) in [7, 11) is -4.53. The number of carbonyl (C=O) groups is 1. The molecular formula is C13H21N4O9P. The highest BCUT2D eigenvalue weighted by atomic mass is 31.2. The Labute approximate surface area is 152 Å². The number of aliphatic carboxylic acids is 1. The van der Waals surface area contributed by atoms with Gasteiger partial charge in [0.2, 0.25) is 0 Å². The lowest BCUT2D eigenvalue weighted by atomic mass is 9.96. The first-order valence-electron chi connectivity index (χ1n) is 7.73. The molecule has 0 aliphatic carbocycles. The zero-order valence-electron chi connectivity index (χ0n) is 14.4. The summed E-state index contributed by atoms with van der Waals surface area (Å²) >= 11 is 0. The van der Waals surface area contributed by atoms with Crippen molar-refractivity contribution in [2.24, 2.45) is 0 Å². The molecule has 1 aromatic rings. The number of aromatic nitrogens is 2. The highest BCUT2D eigenvalue weighted by Gasteiger charge is 2.53. The Balaban J connectivity index is 2.13. The molecule has 1 saturated heterocycles. The van der Waals surface area contributed by atoms with Gasteiger partial charge in [0.1, 0.15) is 29.7 Å². The molecule has 2 rings (SSSR count). The molecule has 6 atom stereocenters. The fourth-order valence-corrected chi connectivity index (χ4v) is 3.52. The van der Waals surface area contributed by atoms with E-state index in [1.807, 2.05) is 5.09 Å². The summed E-state index contributed by atoms with van der Waals surface area (Å²) in [6.45, 7) is 1.67. The Kier molecular flexibility index (Phi) is 6.06. The minimum absolute atomic E-state index is 0.0471. The molecule has 2 heterocycles. The molecule has 1 aliphatic heterocycles. The van der Waals surface area contributed by atoms with E-state index in [0.29, 0.717) is 0 Å². The molecule has 0 amide bonds. The number of hydrogen-bond donors (Lipinski definition) is 6. The van der Waals surface area contributed by atoms with E-state index in [1.54, 1.807) is 0 Å². The monoisotopic (exact) mass is 408 g/mol. The van der Waals surface area contributed by atoms with E-state index in [4.69, 9.17) is 20.1 Å². The van der Waals surface area contributed by atoms with E-state index >= 15 is 0 Å². The van der Waals surface area contributed by atoms with Gasteiger partial charge in [0.25, 0.3) is 0 Å². The minimum atomic E-state index is -4.53. The summed E-state index contributed by atoms with van der Waals surface area (Å²) in [5, 5.41) is 31.4. The van der Waals surface area contributed by atoms with Crippen LogP contribution < -0.4 is 16.5 Å². The van der Waals surface area contributed by atoms with Gasteiger partial charge < -0.3 is 30.7 Å². The first kappa shape index (κ1) is 21.4. The van der Waals surface area contributed by atoms with Crippen molar-refractivity contribution in [2.45, 2.75) is 43.9 Å². The molecule has 13 nitrogen and oxygen atoms in total. The summed E-state index contributed by atoms with van der Waals surface area (Å²) < 4.78 is 23.0. The molecule has 1 unspecified atom stereocenters. The van der Waals surface area contributed by atoms with Crippen molar-refractivity contribution < 1.29 is 38.8 Å². The molecular weight excluding hydrogens is 387 g/mol. The van der Waals surface area contributed by atoms with Gasteiger partial charge >= 0.3 is 19.4 Å². The van der Waals surface area contributed by atoms with Crippen LogP contribution in [0.5, 0.6) is 0 Å². The second kappa shape index (κ2) is 7.64. The predicted molar refractivity (Wildman–Crippen MR) is 89.5 cm³/mol. The number of aliphatic hydroxyl groups is 2. The molecule has 0 radical (unpaired) electrons. The number of nitrogens with zero attached hydrogens (tertiary/aromatic N) is 2. The normalized spacial score (nSPS) is 31.4. The van der Waals surface area contributed by atoms with Crippen molar-refractivity contribution in [3.8, 4) is 0 Å². The third kappa shape index (κ3) is 4.71. The minimum Gasteiger partial charge on any atom is -0.480 e. The highest BCUT2D eigenvalue weighted by Crippen LogP contribution is 2.42. The molecule has 152 valence electrons. The molecule has 27 heavy (non-hydrogen) atoms. The Morgan fingerprint density at radius 3 is 2.81 bits per heavy atom. The topological polar surface area (TPSA) is 206 Å². The average molecular weight is 408 g/mol. The van der Waals surface area contributed by atoms with Crippen LogP contribution in [-0.4, -0.2) is 66.2 Å². The molecule has 0 spiro atoms. The zero-order chi connectivity index (χ0) is 20.6. The van der Waals surface area contributed by atoms with Gasteiger partial charge in [-0.05, 0) is 19.9 Å². The second-order valence-electron chi connectivity index (χ2n) is 6.25. The van der Waals surface area contributed by atoms with Gasteiger partial charge in [0, 0.05) is 6.20 Å². The van der Waals surface area contributed by atoms with Crippen LogP contribution in [0.1, 0.15) is 20.1 Å². The van der Waals surface area contributed by atoms with Crippen molar-refractivity contribution in [1.82, 2.24) is 14.6 Å². The van der Waals surface area contributed by atoms with E-state index in [0.717, 1.165) is 11.5 Å². The molecule has 0 aromatic carbocycles. The van der Waals surface area contributed by atoms with E-state index in [-0.39, 0.29) is 5.82 Å². The van der Waals surface area contributed by atoms with Crippen LogP contribution in [-0.2, 0) is 18.6 Å². The number of carboxylic acid groups (broad SMARTS) is 1. The van der Waals surface area contributed by atoms with Crippen LogP contribution >= 0.6 is 7.75 Å². The van der Waals surface area contributed by atoms with Crippen molar-refractivity contribution in [2.75, 3.05) is 12.3 Å². The van der Waals surface area contributed by atoms with Gasteiger partial charge in [-0.2, -0.15) is 4.98 Å². The third-order valence-electron chi connectivity index (χ3n) is 4.00. The number of anilines is 1. The molecule has 1 aromatic heterocycles. The van der Waals surface area contributed by atoms with E-state index in [2.05, 4.69) is 4.98 Å². The Hall–Kier alpha value is -1.86. The molecule has 7 N–H and O–H groups in total. The maximum atomic E-state index is 11.9. The number of hydrogen-bond acceptors (Lipinski definition) is 9. The lowest BCUT2D eigenvalue weighted by Gasteiger charge is -2.27. The van der Waals surface area contributed by atoms with Gasteiger partial charge in [-0.25, -0.2) is 14.4 Å². The van der Waals surface area contributed by atoms with Gasteiger partial charge in [-0.3, -0.25) is 13.9 Å². The van der Waals surface area contributed by atoms with Crippen LogP contribution in [0.15, 0.2) is 17.1 Å². The number of aliphatic hydroxyl groups excluding tert-OH is 1. The van der Waals surface area contributed by atoms with Crippen LogP contribution in [0.2, 0.25) is 0 Å². The molecule has 0 saturated carbocycles. The number of nitrogens with one attached hydrogen (secondary N) is 1. The van der Waals surface area contributed by atoms with Gasteiger partial charge in [-0.1, -0.05) is 0 Å². The third-order valence-corrected chi connectivity index (χ3v) is 5.21. The van der Waals surface area contributed by atoms with Gasteiger partial charge in [0.05, 0.1) is 6.61 Å². The molecule has 0 bridgehead atoms. The number of nitrogen functional groups attached to an aromatic ring is 1. The van der Waals surface area contributed by atoms with Crippen LogP contribution in [0, 0.1) is 0 Å². The van der Waals surface area contributed by atoms with Crippen molar-refractivity contribution in [3.05, 3.63) is 22.7 Å². The van der Waals surface area contributed by atoms with Crippen molar-refractivity contribution >= 4 is 19.5 Å².